The van der Waals surface area contributed by atoms with E-state index >= 15 is 0 Å². The zero-order chi connectivity index (χ0) is 28.8. The molecule has 3 fully saturated rings. The topological polar surface area (TPSA) is 123 Å². The van der Waals surface area contributed by atoms with Gasteiger partial charge in [0.15, 0.2) is 0 Å². The first-order chi connectivity index (χ1) is 19.1. The van der Waals surface area contributed by atoms with Crippen LogP contribution in [0.2, 0.25) is 0 Å². The van der Waals surface area contributed by atoms with Crippen LogP contribution in [0.3, 0.4) is 0 Å². The van der Waals surface area contributed by atoms with E-state index in [4.69, 9.17) is 14.2 Å². The molecule has 0 radical (unpaired) electrons. The third kappa shape index (κ3) is 7.88. The summed E-state index contributed by atoms with van der Waals surface area (Å²) in [6.45, 7) is 7.22. The summed E-state index contributed by atoms with van der Waals surface area (Å²) in [6.07, 6.45) is 4.74. The van der Waals surface area contributed by atoms with Gasteiger partial charge in [-0.05, 0) is 55.1 Å². The number of ether oxygens (including phenoxy) is 3. The van der Waals surface area contributed by atoms with Crippen LogP contribution < -0.4 is 15.4 Å². The number of nitrogens with zero attached hydrogens (tertiary/aromatic N) is 1. The molecule has 10 nitrogen and oxygen atoms in total. The number of likely N-dealkylation sites (tertiary alicyclic amines) is 1. The maximum absolute atomic E-state index is 12.6. The average molecular weight is 558 g/mol. The van der Waals surface area contributed by atoms with Gasteiger partial charge in [-0.15, -0.1) is 0 Å². The fourth-order valence-corrected chi connectivity index (χ4v) is 6.91. The number of rotatable bonds is 10. The molecule has 10 heteroatoms. The molecule has 1 aromatic rings. The highest BCUT2D eigenvalue weighted by molar-refractivity contribution is 6.05. The highest BCUT2D eigenvalue weighted by Gasteiger charge is 2.48. The van der Waals surface area contributed by atoms with Gasteiger partial charge in [-0.25, -0.2) is 9.59 Å². The third-order valence-electron chi connectivity index (χ3n) is 8.23. The summed E-state index contributed by atoms with van der Waals surface area (Å²) in [5, 5.41) is 5.83. The number of nitrogens with one attached hydrogen (secondary N) is 2. The van der Waals surface area contributed by atoms with Crippen molar-refractivity contribution in [1.82, 2.24) is 15.5 Å². The lowest BCUT2D eigenvalue weighted by Crippen LogP contribution is -2.50. The minimum absolute atomic E-state index is 0.0328. The number of hydrogen-bond acceptors (Lipinski definition) is 7. The van der Waals surface area contributed by atoms with Gasteiger partial charge in [0.2, 0.25) is 11.8 Å². The largest absolute Gasteiger partial charge is 0.490 e. The predicted octanol–water partition coefficient (Wildman–Crippen LogP) is 4.28. The molecule has 2 aliphatic carbocycles. The molecule has 0 aromatic heterocycles. The standard InChI is InChI=1S/C30H43N3O7/c1-29(2)17-21(32-28(37)40-16-15-38-22-9-5-4-6-10-22)18-30(3,19-29)20-31-27(36)39-14-13-33-25(34)23-11-7-8-12-24(23)26(33)35/h4-6,9-10,21,23-24H,7-8,11-20H2,1-3H3,(H,31,36)(H,32,37). The van der Waals surface area contributed by atoms with Gasteiger partial charge in [0.05, 0.1) is 18.4 Å². The number of fused-ring (bicyclic) bond motifs is 1. The van der Waals surface area contributed by atoms with E-state index in [1.54, 1.807) is 0 Å². The van der Waals surface area contributed by atoms with Crippen molar-refractivity contribution in [2.24, 2.45) is 22.7 Å². The van der Waals surface area contributed by atoms with Crippen molar-refractivity contribution in [1.29, 1.82) is 0 Å². The second kappa shape index (κ2) is 12.9. The van der Waals surface area contributed by atoms with E-state index in [-0.39, 0.29) is 66.9 Å². The van der Waals surface area contributed by atoms with Gasteiger partial charge in [-0.2, -0.15) is 0 Å². The van der Waals surface area contributed by atoms with Crippen LogP contribution in [-0.2, 0) is 19.1 Å². The van der Waals surface area contributed by atoms with Gasteiger partial charge in [-0.3, -0.25) is 14.5 Å². The van der Waals surface area contributed by atoms with Crippen molar-refractivity contribution in [2.75, 3.05) is 32.9 Å². The fourth-order valence-electron chi connectivity index (χ4n) is 6.91. The molecule has 4 atom stereocenters. The summed E-state index contributed by atoms with van der Waals surface area (Å²) in [4.78, 5) is 51.4. The molecule has 2 saturated carbocycles. The Morgan fingerprint density at radius 3 is 2.23 bits per heavy atom. The molecule has 4 amide bonds. The number of alkyl carbamates (subject to hydrolysis) is 2. The smallest absolute Gasteiger partial charge is 0.407 e. The summed E-state index contributed by atoms with van der Waals surface area (Å²) in [6, 6.07) is 9.24. The van der Waals surface area contributed by atoms with Gasteiger partial charge in [-0.1, -0.05) is 51.8 Å². The van der Waals surface area contributed by atoms with Crippen molar-refractivity contribution in [3.05, 3.63) is 30.3 Å². The molecular formula is C30H43N3O7. The van der Waals surface area contributed by atoms with Crippen molar-refractivity contribution >= 4 is 24.0 Å². The van der Waals surface area contributed by atoms with Crippen LogP contribution in [-0.4, -0.2) is 67.9 Å². The lowest BCUT2D eigenvalue weighted by Gasteiger charge is -2.46. The van der Waals surface area contributed by atoms with Crippen LogP contribution in [0, 0.1) is 22.7 Å². The highest BCUT2D eigenvalue weighted by Crippen LogP contribution is 2.45. The normalized spacial score (nSPS) is 27.5. The number of carbonyl (C=O) groups is 4. The third-order valence-corrected chi connectivity index (χ3v) is 8.23. The fraction of sp³-hybridized carbons (Fsp3) is 0.667. The van der Waals surface area contributed by atoms with Crippen LogP contribution in [0.5, 0.6) is 5.75 Å². The summed E-state index contributed by atoms with van der Waals surface area (Å²) < 4.78 is 16.2. The number of para-hydroxylation sites is 1. The lowest BCUT2D eigenvalue weighted by atomic mass is 9.62. The van der Waals surface area contributed by atoms with Gasteiger partial charge >= 0.3 is 12.2 Å². The van der Waals surface area contributed by atoms with Gasteiger partial charge in [0.25, 0.3) is 0 Å². The van der Waals surface area contributed by atoms with Crippen molar-refractivity contribution in [3.63, 3.8) is 0 Å². The van der Waals surface area contributed by atoms with E-state index in [0.29, 0.717) is 13.0 Å². The second-order valence-corrected chi connectivity index (χ2v) is 12.5. The molecule has 4 rings (SSSR count). The van der Waals surface area contributed by atoms with E-state index in [0.717, 1.165) is 44.3 Å². The zero-order valence-corrected chi connectivity index (χ0v) is 23.9. The van der Waals surface area contributed by atoms with Crippen molar-refractivity contribution < 1.29 is 33.4 Å². The molecule has 1 aliphatic heterocycles. The molecule has 40 heavy (non-hydrogen) atoms. The second-order valence-electron chi connectivity index (χ2n) is 12.5. The van der Waals surface area contributed by atoms with E-state index in [1.165, 1.54) is 4.90 Å². The summed E-state index contributed by atoms with van der Waals surface area (Å²) in [5.41, 5.74) is -0.327. The summed E-state index contributed by atoms with van der Waals surface area (Å²) in [7, 11) is 0. The quantitative estimate of drug-likeness (QED) is 0.325. The molecule has 220 valence electrons. The Morgan fingerprint density at radius 1 is 0.900 bits per heavy atom. The molecule has 3 aliphatic rings. The van der Waals surface area contributed by atoms with E-state index in [9.17, 15) is 19.2 Å². The van der Waals surface area contributed by atoms with Gasteiger partial charge in [0.1, 0.15) is 25.6 Å². The monoisotopic (exact) mass is 557 g/mol. The maximum Gasteiger partial charge on any atom is 0.407 e. The van der Waals surface area contributed by atoms with Crippen LogP contribution >= 0.6 is 0 Å². The lowest BCUT2D eigenvalue weighted by molar-refractivity contribution is -0.140. The van der Waals surface area contributed by atoms with Crippen molar-refractivity contribution in [2.45, 2.75) is 71.8 Å². The number of imide groups is 1. The highest BCUT2D eigenvalue weighted by atomic mass is 16.6. The molecule has 2 N–H and O–H groups in total. The maximum atomic E-state index is 12.6. The Balaban J connectivity index is 1.17. The summed E-state index contributed by atoms with van der Waals surface area (Å²) in [5.74, 6) is 0.0586. The van der Waals surface area contributed by atoms with Crippen LogP contribution in [0.15, 0.2) is 30.3 Å². The Hall–Kier alpha value is -3.30. The Labute approximate surface area is 236 Å². The first kappa shape index (κ1) is 29.7. The Kier molecular flexibility index (Phi) is 9.58. The molecular weight excluding hydrogens is 514 g/mol. The van der Waals surface area contributed by atoms with Crippen LogP contribution in [0.4, 0.5) is 9.59 Å². The average Bonchev–Trinajstić information content (AvgIpc) is 3.14. The van der Waals surface area contributed by atoms with Crippen LogP contribution in [0.25, 0.3) is 0 Å². The van der Waals surface area contributed by atoms with Gasteiger partial charge in [0, 0.05) is 12.6 Å². The first-order valence-corrected chi connectivity index (χ1v) is 14.4. The Morgan fingerprint density at radius 2 is 1.55 bits per heavy atom. The predicted molar refractivity (Wildman–Crippen MR) is 147 cm³/mol. The Bertz CT molecular complexity index is 1040. The number of amides is 4. The van der Waals surface area contributed by atoms with Crippen molar-refractivity contribution in [3.8, 4) is 5.75 Å². The SMILES string of the molecule is CC1(C)CC(NC(=O)OCCOc2ccccc2)CC(C)(CNC(=O)OCCN2C(=O)C3CCCCC3C2=O)C1. The van der Waals surface area contributed by atoms with Gasteiger partial charge < -0.3 is 24.8 Å². The van der Waals surface area contributed by atoms with Crippen LogP contribution in [0.1, 0.15) is 65.7 Å². The summed E-state index contributed by atoms with van der Waals surface area (Å²) >= 11 is 0. The minimum atomic E-state index is -0.580. The molecule has 4 unspecified atom stereocenters. The molecule has 0 bridgehead atoms. The zero-order valence-electron chi connectivity index (χ0n) is 23.9. The van der Waals surface area contributed by atoms with E-state index in [1.807, 2.05) is 30.3 Å². The minimum Gasteiger partial charge on any atom is -0.490 e. The molecule has 1 aromatic carbocycles. The number of benzene rings is 1. The molecule has 1 heterocycles. The van der Waals surface area contributed by atoms with E-state index in [2.05, 4.69) is 31.4 Å². The first-order valence-electron chi connectivity index (χ1n) is 14.4. The molecule has 0 spiro atoms. The molecule has 1 saturated heterocycles. The van der Waals surface area contributed by atoms with E-state index < -0.39 is 12.2 Å². The number of hydrogen-bond donors (Lipinski definition) is 2. The number of carbonyl (C=O) groups excluding carboxylic acids is 4.